The van der Waals surface area contributed by atoms with E-state index < -0.39 is 5.82 Å². The normalized spacial score (nSPS) is 10.8. The molecule has 7 heteroatoms. The Hall–Kier alpha value is -3.51. The number of hydrogen-bond acceptors (Lipinski definition) is 5. The van der Waals surface area contributed by atoms with Crippen molar-refractivity contribution in [1.29, 1.82) is 0 Å². The van der Waals surface area contributed by atoms with Crippen LogP contribution in [0.25, 0.3) is 22.5 Å². The van der Waals surface area contributed by atoms with Crippen molar-refractivity contribution in [3.63, 3.8) is 0 Å². The number of aromatic hydroxyl groups is 1. The molecule has 1 aromatic heterocycles. The molecule has 0 fully saturated rings. The standard InChI is InChI=1S/C24H19ClFNO4/c1-14-23(19-5-3-4-6-22(19)29-2)24(31-27-14)18-10-9-17(12-21(18)28)30-13-15-7-8-16(26)11-20(15)25/h3-12,28H,13H2,1-2H3. The Morgan fingerprint density at radius 3 is 2.61 bits per heavy atom. The molecule has 5 nitrogen and oxygen atoms in total. The summed E-state index contributed by atoms with van der Waals surface area (Å²) in [5.41, 5.74) is 3.32. The van der Waals surface area contributed by atoms with Gasteiger partial charge >= 0.3 is 0 Å². The first kappa shape index (κ1) is 20.8. The minimum absolute atomic E-state index is 0.0324. The van der Waals surface area contributed by atoms with Crippen LogP contribution in [0.15, 0.2) is 65.2 Å². The van der Waals surface area contributed by atoms with Crippen molar-refractivity contribution in [3.8, 4) is 39.7 Å². The highest BCUT2D eigenvalue weighted by Crippen LogP contribution is 2.43. The smallest absolute Gasteiger partial charge is 0.178 e. The van der Waals surface area contributed by atoms with E-state index in [4.69, 9.17) is 25.6 Å². The van der Waals surface area contributed by atoms with Crippen LogP contribution in [0.2, 0.25) is 5.02 Å². The van der Waals surface area contributed by atoms with Gasteiger partial charge in [0.1, 0.15) is 29.7 Å². The molecule has 0 aliphatic heterocycles. The quantitative estimate of drug-likeness (QED) is 0.376. The number of hydrogen-bond donors (Lipinski definition) is 1. The third-order valence-corrected chi connectivity index (χ3v) is 5.21. The molecule has 0 spiro atoms. The van der Waals surface area contributed by atoms with E-state index in [0.29, 0.717) is 34.1 Å². The monoisotopic (exact) mass is 439 g/mol. The van der Waals surface area contributed by atoms with Crippen molar-refractivity contribution < 1.29 is 23.5 Å². The summed E-state index contributed by atoms with van der Waals surface area (Å²) < 4.78 is 29.9. The molecule has 0 bridgehead atoms. The van der Waals surface area contributed by atoms with Gasteiger partial charge < -0.3 is 19.1 Å². The van der Waals surface area contributed by atoms with Gasteiger partial charge in [-0.15, -0.1) is 0 Å². The topological polar surface area (TPSA) is 64.7 Å². The van der Waals surface area contributed by atoms with E-state index in [-0.39, 0.29) is 17.4 Å². The lowest BCUT2D eigenvalue weighted by Crippen LogP contribution is -1.97. The zero-order valence-electron chi connectivity index (χ0n) is 16.9. The van der Waals surface area contributed by atoms with Gasteiger partial charge in [0.05, 0.1) is 29.0 Å². The van der Waals surface area contributed by atoms with Gasteiger partial charge in [-0.25, -0.2) is 4.39 Å². The van der Waals surface area contributed by atoms with Gasteiger partial charge in [-0.3, -0.25) is 0 Å². The van der Waals surface area contributed by atoms with E-state index >= 15 is 0 Å². The highest BCUT2D eigenvalue weighted by atomic mass is 35.5. The fraction of sp³-hybridized carbons (Fsp3) is 0.125. The number of halogens is 2. The third kappa shape index (κ3) is 4.20. The molecular weight excluding hydrogens is 421 g/mol. The molecule has 1 heterocycles. The lowest BCUT2D eigenvalue weighted by molar-refractivity contribution is 0.304. The van der Waals surface area contributed by atoms with Crippen molar-refractivity contribution in [2.45, 2.75) is 13.5 Å². The van der Waals surface area contributed by atoms with Gasteiger partial charge in [0.15, 0.2) is 5.76 Å². The van der Waals surface area contributed by atoms with Crippen LogP contribution >= 0.6 is 11.6 Å². The van der Waals surface area contributed by atoms with Crippen LogP contribution in [0.3, 0.4) is 0 Å². The minimum Gasteiger partial charge on any atom is -0.507 e. The van der Waals surface area contributed by atoms with Gasteiger partial charge in [0.25, 0.3) is 0 Å². The second kappa shape index (κ2) is 8.70. The van der Waals surface area contributed by atoms with E-state index in [1.54, 1.807) is 25.3 Å². The van der Waals surface area contributed by atoms with Crippen LogP contribution in [0.4, 0.5) is 4.39 Å². The van der Waals surface area contributed by atoms with Crippen molar-refractivity contribution >= 4 is 11.6 Å². The molecule has 1 N–H and O–H groups in total. The first-order chi connectivity index (χ1) is 15.0. The summed E-state index contributed by atoms with van der Waals surface area (Å²) in [4.78, 5) is 0. The Labute approximate surface area is 183 Å². The Balaban J connectivity index is 1.64. The summed E-state index contributed by atoms with van der Waals surface area (Å²) in [7, 11) is 1.60. The molecule has 3 aromatic carbocycles. The minimum atomic E-state index is -0.413. The largest absolute Gasteiger partial charge is 0.507 e. The molecular formula is C24H19ClFNO4. The Morgan fingerprint density at radius 1 is 1.06 bits per heavy atom. The molecule has 0 atom stereocenters. The second-order valence-electron chi connectivity index (χ2n) is 6.88. The highest BCUT2D eigenvalue weighted by Gasteiger charge is 2.22. The highest BCUT2D eigenvalue weighted by molar-refractivity contribution is 6.31. The predicted molar refractivity (Wildman–Crippen MR) is 116 cm³/mol. The zero-order chi connectivity index (χ0) is 22.0. The number of nitrogens with zero attached hydrogens (tertiary/aromatic N) is 1. The summed E-state index contributed by atoms with van der Waals surface area (Å²) >= 11 is 6.04. The van der Waals surface area contributed by atoms with Crippen molar-refractivity contribution in [2.24, 2.45) is 0 Å². The molecule has 0 amide bonds. The predicted octanol–water partition coefficient (Wildman–Crippen LogP) is 6.40. The maximum atomic E-state index is 13.2. The fourth-order valence-electron chi connectivity index (χ4n) is 3.31. The molecule has 158 valence electrons. The lowest BCUT2D eigenvalue weighted by Gasteiger charge is -2.11. The van der Waals surface area contributed by atoms with E-state index in [1.165, 1.54) is 18.2 Å². The number of aryl methyl sites for hydroxylation is 1. The van der Waals surface area contributed by atoms with E-state index in [0.717, 1.165) is 11.1 Å². The maximum absolute atomic E-state index is 13.2. The number of benzene rings is 3. The molecule has 0 unspecified atom stereocenters. The summed E-state index contributed by atoms with van der Waals surface area (Å²) in [6, 6.07) is 16.5. The van der Waals surface area contributed by atoms with Gasteiger partial charge in [0, 0.05) is 17.2 Å². The fourth-order valence-corrected chi connectivity index (χ4v) is 3.54. The molecule has 0 saturated carbocycles. The first-order valence-corrected chi connectivity index (χ1v) is 9.85. The molecule has 4 aromatic rings. The number of phenols is 1. The first-order valence-electron chi connectivity index (χ1n) is 9.47. The number of phenolic OH excluding ortho intramolecular Hbond substituents is 1. The van der Waals surface area contributed by atoms with Crippen LogP contribution in [-0.4, -0.2) is 17.4 Å². The van der Waals surface area contributed by atoms with Crippen LogP contribution in [0.1, 0.15) is 11.3 Å². The summed E-state index contributed by atoms with van der Waals surface area (Å²) in [5.74, 6) is 1.08. The van der Waals surface area contributed by atoms with Crippen molar-refractivity contribution in [2.75, 3.05) is 7.11 Å². The Bertz CT molecular complexity index is 1240. The molecule has 0 aliphatic carbocycles. The summed E-state index contributed by atoms with van der Waals surface area (Å²) in [6.07, 6.45) is 0. The summed E-state index contributed by atoms with van der Waals surface area (Å²) in [6.45, 7) is 1.96. The number of methoxy groups -OCH3 is 1. The van der Waals surface area contributed by atoms with Gasteiger partial charge in [-0.05, 0) is 37.3 Å². The van der Waals surface area contributed by atoms with Gasteiger partial charge in [0.2, 0.25) is 0 Å². The summed E-state index contributed by atoms with van der Waals surface area (Å²) in [5, 5.41) is 15.0. The number of aromatic nitrogens is 1. The van der Waals surface area contributed by atoms with Crippen molar-refractivity contribution in [1.82, 2.24) is 5.16 Å². The van der Waals surface area contributed by atoms with E-state index in [9.17, 15) is 9.50 Å². The lowest BCUT2D eigenvalue weighted by atomic mass is 9.98. The number of rotatable bonds is 6. The second-order valence-corrected chi connectivity index (χ2v) is 7.28. The maximum Gasteiger partial charge on any atom is 0.178 e. The van der Waals surface area contributed by atoms with Crippen LogP contribution < -0.4 is 9.47 Å². The van der Waals surface area contributed by atoms with Crippen LogP contribution in [0.5, 0.6) is 17.2 Å². The van der Waals surface area contributed by atoms with Crippen LogP contribution in [0, 0.1) is 12.7 Å². The van der Waals surface area contributed by atoms with Crippen molar-refractivity contribution in [3.05, 3.63) is 82.8 Å². The molecule has 0 radical (unpaired) electrons. The Morgan fingerprint density at radius 2 is 1.87 bits per heavy atom. The molecule has 4 rings (SSSR count). The molecule has 0 saturated heterocycles. The molecule has 31 heavy (non-hydrogen) atoms. The molecule has 0 aliphatic rings. The van der Waals surface area contributed by atoms with E-state index in [2.05, 4.69) is 5.16 Å². The third-order valence-electron chi connectivity index (χ3n) is 4.86. The zero-order valence-corrected chi connectivity index (χ0v) is 17.6. The average Bonchev–Trinajstić information content (AvgIpc) is 3.14. The van der Waals surface area contributed by atoms with Gasteiger partial charge in [-0.2, -0.15) is 0 Å². The number of para-hydroxylation sites is 1. The average molecular weight is 440 g/mol. The number of ether oxygens (including phenoxy) is 2. The Kier molecular flexibility index (Phi) is 5.82. The van der Waals surface area contributed by atoms with E-state index in [1.807, 2.05) is 31.2 Å². The van der Waals surface area contributed by atoms with Crippen LogP contribution in [-0.2, 0) is 6.61 Å². The SMILES string of the molecule is COc1ccccc1-c1c(C)noc1-c1ccc(OCc2ccc(F)cc2Cl)cc1O. The van der Waals surface area contributed by atoms with Gasteiger partial charge in [-0.1, -0.05) is 41.0 Å².